The number of anilines is 1. The van der Waals surface area contributed by atoms with Gasteiger partial charge in [-0.05, 0) is 37.3 Å². The number of aryl methyl sites for hydroxylation is 1. The Hall–Kier alpha value is -2.52. The van der Waals surface area contributed by atoms with Crippen molar-refractivity contribution in [1.29, 1.82) is 5.26 Å². The van der Waals surface area contributed by atoms with Gasteiger partial charge in [-0.2, -0.15) is 5.26 Å². The van der Waals surface area contributed by atoms with Gasteiger partial charge in [0.1, 0.15) is 11.1 Å². The number of hydrogen-bond donors (Lipinski definition) is 1. The fraction of sp³-hybridized carbons (Fsp3) is 0.136. The summed E-state index contributed by atoms with van der Waals surface area (Å²) in [4.78, 5) is 16.8. The summed E-state index contributed by atoms with van der Waals surface area (Å²) >= 11 is 13.2. The number of thioether (sulfide) groups is 1. The monoisotopic (exact) mass is 441 g/mol. The first kappa shape index (κ1) is 21.2. The van der Waals surface area contributed by atoms with Crippen molar-refractivity contribution < 1.29 is 4.79 Å². The molecule has 29 heavy (non-hydrogen) atoms. The lowest BCUT2D eigenvalue weighted by atomic mass is 10.1. The molecular formula is C22H17Cl2N3OS. The van der Waals surface area contributed by atoms with Crippen LogP contribution in [0, 0.1) is 18.3 Å². The summed E-state index contributed by atoms with van der Waals surface area (Å²) in [6.07, 6.45) is 0.270. The second-order valence-electron chi connectivity index (χ2n) is 6.30. The van der Waals surface area contributed by atoms with Crippen LogP contribution in [0.25, 0.3) is 11.3 Å². The van der Waals surface area contributed by atoms with Gasteiger partial charge in [0, 0.05) is 23.4 Å². The van der Waals surface area contributed by atoms with Crippen molar-refractivity contribution in [1.82, 2.24) is 4.98 Å². The molecule has 1 amide bonds. The van der Waals surface area contributed by atoms with Gasteiger partial charge in [0.25, 0.3) is 0 Å². The first-order chi connectivity index (χ1) is 14.0. The number of benzene rings is 2. The smallest absolute Gasteiger partial charge is 0.225 e. The molecule has 1 heterocycles. The van der Waals surface area contributed by atoms with Crippen LogP contribution >= 0.6 is 35.0 Å². The van der Waals surface area contributed by atoms with Gasteiger partial charge in [0.2, 0.25) is 5.91 Å². The van der Waals surface area contributed by atoms with Gasteiger partial charge in [-0.25, -0.2) is 4.98 Å². The van der Waals surface area contributed by atoms with E-state index in [0.717, 1.165) is 11.3 Å². The summed E-state index contributed by atoms with van der Waals surface area (Å²) < 4.78 is 0. The zero-order chi connectivity index (χ0) is 20.8. The third-order valence-corrected chi connectivity index (χ3v) is 5.83. The molecule has 0 saturated heterocycles. The van der Waals surface area contributed by atoms with Crippen LogP contribution in [0.4, 0.5) is 5.69 Å². The first-order valence-corrected chi connectivity index (χ1v) is 10.6. The zero-order valence-electron chi connectivity index (χ0n) is 15.6. The molecule has 3 aromatic rings. The molecule has 1 aromatic heterocycles. The molecule has 7 heteroatoms. The largest absolute Gasteiger partial charge is 0.326 e. The molecule has 0 radical (unpaired) electrons. The van der Waals surface area contributed by atoms with Gasteiger partial charge >= 0.3 is 0 Å². The highest BCUT2D eigenvalue weighted by atomic mass is 35.5. The summed E-state index contributed by atoms with van der Waals surface area (Å²) in [5.74, 6) is 0.343. The lowest BCUT2D eigenvalue weighted by Crippen LogP contribution is -2.12. The number of nitrogens with zero attached hydrogens (tertiary/aromatic N) is 2. The van der Waals surface area contributed by atoms with Gasteiger partial charge in [0.05, 0.1) is 21.3 Å². The molecule has 0 bridgehead atoms. The van der Waals surface area contributed by atoms with Crippen LogP contribution in [0.15, 0.2) is 59.6 Å². The highest BCUT2D eigenvalue weighted by molar-refractivity contribution is 7.99. The van der Waals surface area contributed by atoms with E-state index in [1.807, 2.05) is 37.3 Å². The average Bonchev–Trinajstić information content (AvgIpc) is 2.71. The van der Waals surface area contributed by atoms with Crippen LogP contribution in [0.3, 0.4) is 0 Å². The Morgan fingerprint density at radius 2 is 1.86 bits per heavy atom. The predicted molar refractivity (Wildman–Crippen MR) is 120 cm³/mol. The number of nitrogens with one attached hydrogen (secondary N) is 1. The standard InChI is InChI=1S/C22H17Cl2N3OS/c1-14-2-4-15(5-3-14)20-9-6-16(13-25)22(27-20)29-11-10-21(28)26-17-7-8-18(23)19(24)12-17/h2-9,12H,10-11H2,1H3,(H,26,28). The molecular weight excluding hydrogens is 425 g/mol. The van der Waals surface area contributed by atoms with E-state index < -0.39 is 0 Å². The van der Waals surface area contributed by atoms with Crippen molar-refractivity contribution in [2.75, 3.05) is 11.1 Å². The van der Waals surface area contributed by atoms with Gasteiger partial charge in [-0.3, -0.25) is 4.79 Å². The lowest BCUT2D eigenvalue weighted by molar-refractivity contribution is -0.115. The third-order valence-electron chi connectivity index (χ3n) is 4.10. The van der Waals surface area contributed by atoms with E-state index >= 15 is 0 Å². The molecule has 0 atom stereocenters. The number of pyridine rings is 1. The SMILES string of the molecule is Cc1ccc(-c2ccc(C#N)c(SCCC(=O)Nc3ccc(Cl)c(Cl)c3)n2)cc1. The third kappa shape index (κ3) is 5.74. The minimum absolute atomic E-state index is 0.149. The van der Waals surface area contributed by atoms with Crippen molar-refractivity contribution in [3.63, 3.8) is 0 Å². The Morgan fingerprint density at radius 3 is 2.55 bits per heavy atom. The number of hydrogen-bond acceptors (Lipinski definition) is 4. The number of aromatic nitrogens is 1. The van der Waals surface area contributed by atoms with Crippen LogP contribution in [-0.2, 0) is 4.79 Å². The molecule has 146 valence electrons. The van der Waals surface area contributed by atoms with E-state index in [1.165, 1.54) is 17.3 Å². The average molecular weight is 442 g/mol. The first-order valence-electron chi connectivity index (χ1n) is 8.82. The van der Waals surface area contributed by atoms with E-state index in [2.05, 4.69) is 16.4 Å². The van der Waals surface area contributed by atoms with Crippen molar-refractivity contribution >= 4 is 46.6 Å². The van der Waals surface area contributed by atoms with E-state index in [1.54, 1.807) is 24.3 Å². The Kier molecular flexibility index (Phi) is 7.16. The number of amides is 1. The van der Waals surface area contributed by atoms with Crippen LogP contribution in [0.1, 0.15) is 17.5 Å². The molecule has 4 nitrogen and oxygen atoms in total. The van der Waals surface area contributed by atoms with Crippen molar-refractivity contribution in [3.8, 4) is 17.3 Å². The number of carbonyl (C=O) groups excluding carboxylic acids is 1. The molecule has 0 aliphatic rings. The molecule has 2 aromatic carbocycles. The number of nitriles is 1. The summed E-state index contributed by atoms with van der Waals surface area (Å²) in [7, 11) is 0. The number of carbonyl (C=O) groups is 1. The Morgan fingerprint density at radius 1 is 1.10 bits per heavy atom. The van der Waals surface area contributed by atoms with Crippen LogP contribution < -0.4 is 5.32 Å². The fourth-order valence-corrected chi connectivity index (χ4v) is 3.77. The molecule has 1 N–H and O–H groups in total. The van der Waals surface area contributed by atoms with Crippen LogP contribution in [0.2, 0.25) is 10.0 Å². The topological polar surface area (TPSA) is 65.8 Å². The molecule has 0 saturated carbocycles. The summed E-state index contributed by atoms with van der Waals surface area (Å²) in [5, 5.41) is 13.6. The highest BCUT2D eigenvalue weighted by Crippen LogP contribution is 2.27. The van der Waals surface area contributed by atoms with Gasteiger partial charge in [-0.1, -0.05) is 53.0 Å². The van der Waals surface area contributed by atoms with Crippen molar-refractivity contribution in [2.45, 2.75) is 18.4 Å². The van der Waals surface area contributed by atoms with Crippen LogP contribution in [-0.4, -0.2) is 16.6 Å². The van der Waals surface area contributed by atoms with Crippen molar-refractivity contribution in [3.05, 3.63) is 75.8 Å². The zero-order valence-corrected chi connectivity index (χ0v) is 17.9. The highest BCUT2D eigenvalue weighted by Gasteiger charge is 2.10. The molecule has 3 rings (SSSR count). The van der Waals surface area contributed by atoms with E-state index in [0.29, 0.717) is 32.1 Å². The summed E-state index contributed by atoms with van der Waals surface area (Å²) in [6.45, 7) is 2.03. The maximum atomic E-state index is 12.2. The summed E-state index contributed by atoms with van der Waals surface area (Å²) in [6, 6.07) is 18.7. The Balaban J connectivity index is 1.64. The predicted octanol–water partition coefficient (Wildman–Crippen LogP) is 6.36. The normalized spacial score (nSPS) is 10.4. The second-order valence-corrected chi connectivity index (χ2v) is 8.20. The molecule has 0 unspecified atom stereocenters. The van der Waals surface area contributed by atoms with Crippen molar-refractivity contribution in [2.24, 2.45) is 0 Å². The molecule has 0 aliphatic heterocycles. The lowest BCUT2D eigenvalue weighted by Gasteiger charge is -2.08. The quantitative estimate of drug-likeness (QED) is 0.452. The Labute approximate surface area is 183 Å². The molecule has 0 spiro atoms. The minimum Gasteiger partial charge on any atom is -0.326 e. The fourth-order valence-electron chi connectivity index (χ4n) is 2.56. The molecule has 0 fully saturated rings. The number of rotatable bonds is 6. The van der Waals surface area contributed by atoms with Crippen LogP contribution in [0.5, 0.6) is 0 Å². The molecule has 0 aliphatic carbocycles. The van der Waals surface area contributed by atoms with E-state index in [-0.39, 0.29) is 12.3 Å². The second kappa shape index (κ2) is 9.80. The van der Waals surface area contributed by atoms with E-state index in [4.69, 9.17) is 23.2 Å². The van der Waals surface area contributed by atoms with Gasteiger partial charge in [0.15, 0.2) is 0 Å². The van der Waals surface area contributed by atoms with Gasteiger partial charge in [-0.15, -0.1) is 11.8 Å². The Bertz CT molecular complexity index is 1080. The van der Waals surface area contributed by atoms with Gasteiger partial charge < -0.3 is 5.32 Å². The maximum Gasteiger partial charge on any atom is 0.225 e. The number of halogens is 2. The van der Waals surface area contributed by atoms with E-state index in [9.17, 15) is 10.1 Å². The minimum atomic E-state index is -0.149. The maximum absolute atomic E-state index is 12.2. The summed E-state index contributed by atoms with van der Waals surface area (Å²) in [5.41, 5.74) is 4.04.